The number of halogens is 3. The Morgan fingerprint density at radius 2 is 1.94 bits per heavy atom. The fraction of sp³-hybridized carbons (Fsp3) is 0.429. The molecule has 34 heavy (non-hydrogen) atoms. The number of fused-ring (bicyclic) bond motifs is 2. The maximum absolute atomic E-state index is 15.5. The van der Waals surface area contributed by atoms with E-state index >= 15 is 4.39 Å². The Morgan fingerprint density at radius 1 is 1.21 bits per heavy atom. The number of anilines is 1. The van der Waals surface area contributed by atoms with E-state index in [1.165, 1.54) is 4.57 Å². The van der Waals surface area contributed by atoms with Gasteiger partial charge in [-0.1, -0.05) is 0 Å². The fourth-order valence-corrected chi connectivity index (χ4v) is 5.40. The third kappa shape index (κ3) is 3.63. The maximum Gasteiger partial charge on any atom is 0.387 e. The number of hydrogen-bond donors (Lipinski definition) is 1. The molecule has 1 N–H and O–H groups in total. The molecule has 0 amide bonds. The van der Waals surface area contributed by atoms with Crippen LogP contribution in [0.5, 0.6) is 5.75 Å². The number of hydrogen-bond acceptors (Lipinski definition) is 8. The van der Waals surface area contributed by atoms with E-state index in [9.17, 15) is 18.4 Å². The van der Waals surface area contributed by atoms with Gasteiger partial charge in [0.2, 0.25) is 11.4 Å². The molecule has 0 aliphatic carbocycles. The zero-order valence-electron chi connectivity index (χ0n) is 18.2. The summed E-state index contributed by atoms with van der Waals surface area (Å²) in [5, 5.41) is -0.309. The van der Waals surface area contributed by atoms with Gasteiger partial charge in [0, 0.05) is 51.9 Å². The number of piperazine rings is 1. The van der Waals surface area contributed by atoms with Gasteiger partial charge in [-0.2, -0.15) is 8.78 Å². The molecule has 180 valence electrons. The first-order chi connectivity index (χ1) is 16.4. The van der Waals surface area contributed by atoms with Gasteiger partial charge in [0.1, 0.15) is 15.9 Å². The van der Waals surface area contributed by atoms with Crippen LogP contribution in [0.1, 0.15) is 13.3 Å². The summed E-state index contributed by atoms with van der Waals surface area (Å²) in [5.74, 6) is -0.665. The van der Waals surface area contributed by atoms with Crippen molar-refractivity contribution in [2.45, 2.75) is 26.5 Å². The number of ether oxygens (including phenoxy) is 1. The lowest BCUT2D eigenvalue weighted by molar-refractivity contribution is -0.0488. The van der Waals surface area contributed by atoms with Crippen molar-refractivity contribution < 1.29 is 17.9 Å². The van der Waals surface area contributed by atoms with Crippen molar-refractivity contribution in [3.63, 3.8) is 0 Å². The van der Waals surface area contributed by atoms with E-state index in [1.54, 1.807) is 18.0 Å². The number of benzene rings is 1. The van der Waals surface area contributed by atoms with Crippen LogP contribution in [0.4, 0.5) is 18.9 Å². The number of rotatable bonds is 4. The van der Waals surface area contributed by atoms with E-state index in [0.29, 0.717) is 43.5 Å². The number of pyridine rings is 1. The first-order valence-corrected chi connectivity index (χ1v) is 11.6. The van der Waals surface area contributed by atoms with Crippen LogP contribution in [0.15, 0.2) is 25.6 Å². The maximum atomic E-state index is 15.5. The van der Waals surface area contributed by atoms with Crippen molar-refractivity contribution in [2.24, 2.45) is 9.98 Å². The number of aliphatic imine (C=N–C) groups is 2. The lowest BCUT2D eigenvalue weighted by atomic mass is 10.1. The molecule has 2 aromatic heterocycles. The van der Waals surface area contributed by atoms with Gasteiger partial charge >= 0.3 is 6.61 Å². The molecule has 0 spiro atoms. The minimum absolute atomic E-state index is 0.0376. The molecule has 3 aromatic rings. The largest absolute Gasteiger partial charge is 0.430 e. The van der Waals surface area contributed by atoms with Gasteiger partial charge in [-0.3, -0.25) is 19.0 Å². The van der Waals surface area contributed by atoms with Crippen molar-refractivity contribution in [3.05, 3.63) is 32.5 Å². The smallest absolute Gasteiger partial charge is 0.387 e. The van der Waals surface area contributed by atoms with Gasteiger partial charge < -0.3 is 19.1 Å². The SMILES string of the molecule is CCn1c2s[nH]c(=O)c2c(=O)c2cc(F)c(N3CCN(C4=NCCC=N4)CC3)c(OC(F)F)c21. The number of nitrogens with zero attached hydrogens (tertiary/aromatic N) is 5. The van der Waals surface area contributed by atoms with Crippen LogP contribution < -0.4 is 20.6 Å². The van der Waals surface area contributed by atoms with Gasteiger partial charge in [0.25, 0.3) is 5.56 Å². The average molecular weight is 494 g/mol. The Labute approximate surface area is 194 Å². The Balaban J connectivity index is 1.66. The van der Waals surface area contributed by atoms with Crippen LogP contribution in [-0.2, 0) is 6.54 Å². The van der Waals surface area contributed by atoms with E-state index in [1.807, 2.05) is 4.90 Å². The first-order valence-electron chi connectivity index (χ1n) is 10.8. The van der Waals surface area contributed by atoms with E-state index in [-0.39, 0.29) is 28.5 Å². The third-order valence-electron chi connectivity index (χ3n) is 5.97. The van der Waals surface area contributed by atoms with Crippen molar-refractivity contribution in [2.75, 3.05) is 37.6 Å². The number of alkyl halides is 2. The van der Waals surface area contributed by atoms with Crippen molar-refractivity contribution in [1.82, 2.24) is 13.8 Å². The predicted molar refractivity (Wildman–Crippen MR) is 126 cm³/mol. The van der Waals surface area contributed by atoms with E-state index in [0.717, 1.165) is 24.0 Å². The number of H-pyrrole nitrogens is 1. The highest BCUT2D eigenvalue weighted by Crippen LogP contribution is 2.40. The molecule has 1 saturated heterocycles. The summed E-state index contributed by atoms with van der Waals surface area (Å²) in [5.41, 5.74) is -1.42. The summed E-state index contributed by atoms with van der Waals surface area (Å²) in [6.07, 6.45) is 2.58. The molecule has 0 unspecified atom stereocenters. The highest BCUT2D eigenvalue weighted by molar-refractivity contribution is 7.12. The molecule has 1 fully saturated rings. The number of nitrogens with one attached hydrogen (secondary N) is 1. The van der Waals surface area contributed by atoms with E-state index in [2.05, 4.69) is 14.4 Å². The first kappa shape index (κ1) is 22.4. The molecule has 5 rings (SSSR count). The minimum atomic E-state index is -3.24. The summed E-state index contributed by atoms with van der Waals surface area (Å²) in [6.45, 7) is 0.946. The quantitative estimate of drug-likeness (QED) is 0.602. The predicted octanol–water partition coefficient (Wildman–Crippen LogP) is 2.62. The molecule has 9 nitrogen and oxygen atoms in total. The summed E-state index contributed by atoms with van der Waals surface area (Å²) < 4.78 is 51.4. The molecule has 4 heterocycles. The number of guanidine groups is 1. The summed E-state index contributed by atoms with van der Waals surface area (Å²) in [4.78, 5) is 37.8. The summed E-state index contributed by atoms with van der Waals surface area (Å²) in [7, 11) is 0. The van der Waals surface area contributed by atoms with Gasteiger partial charge in [-0.15, -0.1) is 0 Å². The monoisotopic (exact) mass is 494 g/mol. The molecule has 2 aliphatic rings. The van der Waals surface area contributed by atoms with Gasteiger partial charge in [0.05, 0.1) is 10.9 Å². The van der Waals surface area contributed by atoms with E-state index in [4.69, 9.17) is 4.74 Å². The molecule has 1 aromatic carbocycles. The van der Waals surface area contributed by atoms with Crippen LogP contribution in [0.3, 0.4) is 0 Å². The van der Waals surface area contributed by atoms with Crippen molar-refractivity contribution in [1.29, 1.82) is 0 Å². The number of aromatic nitrogens is 2. The van der Waals surface area contributed by atoms with Crippen LogP contribution >= 0.6 is 11.5 Å². The Kier molecular flexibility index (Phi) is 5.80. The molecule has 0 bridgehead atoms. The second-order valence-corrected chi connectivity index (χ2v) is 8.65. The van der Waals surface area contributed by atoms with Gasteiger partial charge in [-0.25, -0.2) is 9.38 Å². The number of aromatic amines is 1. The van der Waals surface area contributed by atoms with Crippen LogP contribution in [-0.4, -0.2) is 65.3 Å². The van der Waals surface area contributed by atoms with Crippen molar-refractivity contribution in [3.8, 4) is 5.75 Å². The van der Waals surface area contributed by atoms with Crippen LogP contribution in [0, 0.1) is 5.82 Å². The Bertz CT molecular complexity index is 1440. The van der Waals surface area contributed by atoms with Gasteiger partial charge in [-0.05, 0) is 24.5 Å². The second-order valence-electron chi connectivity index (χ2n) is 7.85. The Hall–Kier alpha value is -3.35. The number of aryl methyl sites for hydroxylation is 1. The topological polar surface area (TPSA) is 95.3 Å². The summed E-state index contributed by atoms with van der Waals surface area (Å²) in [6, 6.07) is 1.01. The van der Waals surface area contributed by atoms with Gasteiger partial charge in [0.15, 0.2) is 11.6 Å². The van der Waals surface area contributed by atoms with Crippen LogP contribution in [0.2, 0.25) is 0 Å². The van der Waals surface area contributed by atoms with Crippen molar-refractivity contribution >= 4 is 50.5 Å². The molecular weight excluding hydrogens is 473 g/mol. The molecule has 2 aliphatic heterocycles. The zero-order chi connectivity index (χ0) is 24.0. The van der Waals surface area contributed by atoms with E-state index < -0.39 is 29.2 Å². The standard InChI is InChI=1S/C21H21F3N6O3S/c1-2-30-14-11(16(31)13-18(32)27-34-19(13)30)10-12(22)15(17(14)33-20(23)24)28-6-8-29(9-7-28)21-25-4-3-5-26-21/h4,10,20H,2-3,5-9H2,1H3,(H,27,32). The highest BCUT2D eigenvalue weighted by atomic mass is 32.1. The molecular formula is C21H21F3N6O3S. The lowest BCUT2D eigenvalue weighted by Crippen LogP contribution is -2.49. The van der Waals surface area contributed by atoms with Crippen LogP contribution in [0.25, 0.3) is 21.1 Å². The lowest BCUT2D eigenvalue weighted by Gasteiger charge is -2.37. The average Bonchev–Trinajstić information content (AvgIpc) is 3.22. The minimum Gasteiger partial charge on any atom is -0.430 e. The molecule has 0 atom stereocenters. The second kappa shape index (κ2) is 8.78. The molecule has 13 heteroatoms. The molecule has 0 saturated carbocycles. The highest BCUT2D eigenvalue weighted by Gasteiger charge is 2.30. The molecule has 0 radical (unpaired) electrons. The third-order valence-corrected chi connectivity index (χ3v) is 6.88. The zero-order valence-corrected chi connectivity index (χ0v) is 19.0. The fourth-order valence-electron chi connectivity index (χ4n) is 4.49. The Morgan fingerprint density at radius 3 is 2.59 bits per heavy atom. The summed E-state index contributed by atoms with van der Waals surface area (Å²) >= 11 is 0.925. The normalized spacial score (nSPS) is 16.7.